The topological polar surface area (TPSA) is 311 Å². The standard InChI is InChI=1S/C31H36O18S/c1-29(44)8-30(49-27-23(41)21(39)19(37)12(6-32)46-27)14(48-28-24(50)22(40)20(38)13(7-33)47-28)5-10-16(31(30,45)26(43)25(29)42)18(36)9-3-2-4-11(34)15(9)17(10)35/h2-5,12-13,19-25,27-28,32-34,37-42,44-45,50H,6-8H2,1H3/t12-,13-,19-,20-,21+,22+,23-,24-,25?,27-,28-,29?,30?,31?/m0/s1. The molecule has 0 spiro atoms. The van der Waals surface area contributed by atoms with Crippen LogP contribution >= 0.6 is 12.6 Å². The lowest BCUT2D eigenvalue weighted by Crippen LogP contribution is -2.77. The molecule has 6 rings (SSSR count). The number of aliphatic hydroxyl groups is 10. The lowest BCUT2D eigenvalue weighted by Gasteiger charge is -2.58. The summed E-state index contributed by atoms with van der Waals surface area (Å²) in [7, 11) is 0. The number of aliphatic hydroxyl groups excluding tert-OH is 8. The lowest BCUT2D eigenvalue weighted by molar-refractivity contribution is -0.353. The Morgan fingerprint density at radius 2 is 1.46 bits per heavy atom. The first-order valence-corrected chi connectivity index (χ1v) is 15.9. The molecule has 14 atom stereocenters. The molecule has 2 saturated heterocycles. The van der Waals surface area contributed by atoms with E-state index in [4.69, 9.17) is 18.9 Å². The molecule has 1 aromatic carbocycles. The third-order valence-corrected chi connectivity index (χ3v) is 10.5. The smallest absolute Gasteiger partial charge is 0.214 e. The van der Waals surface area contributed by atoms with Gasteiger partial charge in [0.15, 0.2) is 29.1 Å². The summed E-state index contributed by atoms with van der Waals surface area (Å²) in [4.78, 5) is 42.5. The van der Waals surface area contributed by atoms with Crippen LogP contribution in [0.15, 0.2) is 41.2 Å². The van der Waals surface area contributed by atoms with Gasteiger partial charge in [-0.25, -0.2) is 0 Å². The molecule has 11 N–H and O–H groups in total. The Hall–Kier alpha value is -2.86. The zero-order chi connectivity index (χ0) is 36.8. The summed E-state index contributed by atoms with van der Waals surface area (Å²) in [5.74, 6) is -5.58. The van der Waals surface area contributed by atoms with Crippen LogP contribution in [0.5, 0.6) is 5.75 Å². The number of Topliss-reactive ketones (excluding diaryl/α,β-unsaturated/α-hetero) is 3. The van der Waals surface area contributed by atoms with Crippen LogP contribution in [0.3, 0.4) is 0 Å². The number of benzene rings is 1. The number of hydrogen-bond donors (Lipinski definition) is 12. The molecule has 0 bridgehead atoms. The van der Waals surface area contributed by atoms with E-state index in [2.05, 4.69) is 12.6 Å². The molecule has 2 heterocycles. The Kier molecular flexibility index (Phi) is 9.35. The van der Waals surface area contributed by atoms with Gasteiger partial charge in [-0.3, -0.25) is 14.4 Å². The van der Waals surface area contributed by atoms with E-state index in [1.54, 1.807) is 0 Å². The van der Waals surface area contributed by atoms with Crippen LogP contribution in [0.25, 0.3) is 0 Å². The predicted molar refractivity (Wildman–Crippen MR) is 162 cm³/mol. The molecule has 0 aromatic heterocycles. The van der Waals surface area contributed by atoms with Crippen molar-refractivity contribution in [2.75, 3.05) is 13.2 Å². The highest BCUT2D eigenvalue weighted by molar-refractivity contribution is 7.81. The average molecular weight is 729 g/mol. The molecule has 1 saturated carbocycles. The molecule has 274 valence electrons. The van der Waals surface area contributed by atoms with Crippen molar-refractivity contribution in [2.24, 2.45) is 0 Å². The molecule has 18 nitrogen and oxygen atoms in total. The number of ether oxygens (including phenoxy) is 4. The maximum atomic E-state index is 14.3. The number of thiol groups is 1. The Bertz CT molecular complexity index is 1660. The Morgan fingerprint density at radius 1 is 0.860 bits per heavy atom. The first-order valence-electron chi connectivity index (χ1n) is 15.4. The van der Waals surface area contributed by atoms with E-state index in [1.807, 2.05) is 0 Å². The second-order valence-corrected chi connectivity index (χ2v) is 13.7. The first kappa shape index (κ1) is 36.9. The minimum Gasteiger partial charge on any atom is -0.507 e. The van der Waals surface area contributed by atoms with Gasteiger partial charge in [0.05, 0.1) is 35.2 Å². The summed E-state index contributed by atoms with van der Waals surface area (Å²) >= 11 is 4.24. The van der Waals surface area contributed by atoms with Crippen molar-refractivity contribution in [3.63, 3.8) is 0 Å². The molecule has 2 aliphatic heterocycles. The number of phenolic OH excluding ortho intramolecular Hbond substituents is 1. The van der Waals surface area contributed by atoms with E-state index >= 15 is 0 Å². The van der Waals surface area contributed by atoms with Crippen LogP contribution in [-0.2, 0) is 23.7 Å². The van der Waals surface area contributed by atoms with Crippen molar-refractivity contribution in [3.8, 4) is 5.75 Å². The Morgan fingerprint density at radius 3 is 2.08 bits per heavy atom. The zero-order valence-electron chi connectivity index (χ0n) is 26.0. The van der Waals surface area contributed by atoms with Crippen molar-refractivity contribution < 1.29 is 89.5 Å². The average Bonchev–Trinajstić information content (AvgIpc) is 3.07. The zero-order valence-corrected chi connectivity index (χ0v) is 26.9. The minimum atomic E-state index is -3.54. The molecule has 19 heteroatoms. The van der Waals surface area contributed by atoms with Crippen LogP contribution in [-0.4, -0.2) is 170 Å². The van der Waals surface area contributed by atoms with Gasteiger partial charge < -0.3 is 75.1 Å². The van der Waals surface area contributed by atoms with Gasteiger partial charge in [-0.2, -0.15) is 12.6 Å². The fourth-order valence-corrected chi connectivity index (χ4v) is 7.49. The molecule has 3 aliphatic carbocycles. The van der Waals surface area contributed by atoms with Gasteiger partial charge in [-0.15, -0.1) is 0 Å². The van der Waals surface area contributed by atoms with E-state index < -0.39 is 154 Å². The molecule has 0 radical (unpaired) electrons. The molecule has 50 heavy (non-hydrogen) atoms. The highest BCUT2D eigenvalue weighted by Crippen LogP contribution is 2.57. The second-order valence-electron chi connectivity index (χ2n) is 13.1. The Labute approximate surface area is 287 Å². The molecule has 3 fully saturated rings. The van der Waals surface area contributed by atoms with Crippen LogP contribution in [0.2, 0.25) is 0 Å². The minimum absolute atomic E-state index is 0.477. The molecule has 0 amide bonds. The maximum Gasteiger partial charge on any atom is 0.214 e. The summed E-state index contributed by atoms with van der Waals surface area (Å²) < 4.78 is 23.2. The maximum absolute atomic E-state index is 14.3. The number of fused-ring (bicyclic) bond motifs is 3. The quantitative estimate of drug-likeness (QED) is 0.122. The Balaban J connectivity index is 1.61. The van der Waals surface area contributed by atoms with Crippen LogP contribution in [0.1, 0.15) is 34.1 Å². The van der Waals surface area contributed by atoms with Crippen molar-refractivity contribution in [1.82, 2.24) is 0 Å². The number of ketones is 3. The second kappa shape index (κ2) is 12.7. The SMILES string of the molecule is CC1(O)CC2(O[C@@H]3O[C@@H](CO)[C@H](O)[C@@H](O)[C@@H]3O)C(O[C@@H]3O[C@@H](CO)[C@H](O)[C@@H](O)[C@@H]3S)=CC3=C(C(=O)c4cccc(O)c4C3=O)C2(O)C(=O)C1O. The van der Waals surface area contributed by atoms with Crippen molar-refractivity contribution in [1.29, 1.82) is 0 Å². The summed E-state index contributed by atoms with van der Waals surface area (Å²) in [5.41, 5.74) is -11.9. The number of phenols is 1. The number of allylic oxidation sites excluding steroid dienone is 2. The predicted octanol–water partition coefficient (Wildman–Crippen LogP) is -4.91. The molecular formula is C31H36O18S. The number of carbonyl (C=O) groups excluding carboxylic acids is 3. The van der Waals surface area contributed by atoms with Gasteiger partial charge in [0.2, 0.25) is 12.1 Å². The van der Waals surface area contributed by atoms with Crippen molar-refractivity contribution >= 4 is 30.0 Å². The van der Waals surface area contributed by atoms with Crippen molar-refractivity contribution in [2.45, 2.75) is 96.8 Å². The highest BCUT2D eigenvalue weighted by Gasteiger charge is 2.75. The number of carbonyl (C=O) groups is 3. The van der Waals surface area contributed by atoms with E-state index in [0.717, 1.165) is 25.1 Å². The highest BCUT2D eigenvalue weighted by atomic mass is 32.1. The van der Waals surface area contributed by atoms with Gasteiger partial charge in [0, 0.05) is 17.6 Å². The first-order chi connectivity index (χ1) is 23.4. The normalized spacial score (nSPS) is 44.7. The van der Waals surface area contributed by atoms with E-state index in [1.165, 1.54) is 6.07 Å². The van der Waals surface area contributed by atoms with E-state index in [0.29, 0.717) is 0 Å². The number of hydrogen-bond acceptors (Lipinski definition) is 19. The summed E-state index contributed by atoms with van der Waals surface area (Å²) in [5, 5.41) is 117. The molecular weight excluding hydrogens is 692 g/mol. The van der Waals surface area contributed by atoms with Gasteiger partial charge >= 0.3 is 0 Å². The van der Waals surface area contributed by atoms with Crippen molar-refractivity contribution in [3.05, 3.63) is 52.3 Å². The number of rotatable bonds is 6. The third kappa shape index (κ3) is 5.11. The lowest BCUT2D eigenvalue weighted by atomic mass is 9.55. The fourth-order valence-electron chi connectivity index (χ4n) is 7.18. The monoisotopic (exact) mass is 728 g/mol. The summed E-state index contributed by atoms with van der Waals surface area (Å²) in [6.45, 7) is -0.887. The molecule has 5 aliphatic rings. The number of aromatic hydroxyl groups is 1. The van der Waals surface area contributed by atoms with Crippen LogP contribution in [0, 0.1) is 0 Å². The molecule has 1 aromatic rings. The molecule has 4 unspecified atom stereocenters. The van der Waals surface area contributed by atoms with Crippen LogP contribution in [0.4, 0.5) is 0 Å². The van der Waals surface area contributed by atoms with Gasteiger partial charge in [-0.05, 0) is 19.1 Å². The summed E-state index contributed by atoms with van der Waals surface area (Å²) in [6, 6.07) is 3.41. The van der Waals surface area contributed by atoms with Crippen LogP contribution < -0.4 is 0 Å². The largest absolute Gasteiger partial charge is 0.507 e. The fraction of sp³-hybridized carbons (Fsp3) is 0.581. The summed E-state index contributed by atoms with van der Waals surface area (Å²) in [6.07, 6.45) is -19.7. The third-order valence-electron chi connectivity index (χ3n) is 9.93. The van der Waals surface area contributed by atoms with E-state index in [9.17, 15) is 70.6 Å². The van der Waals surface area contributed by atoms with E-state index in [-0.39, 0.29) is 0 Å². The van der Waals surface area contributed by atoms with Gasteiger partial charge in [0.25, 0.3) is 0 Å². The van der Waals surface area contributed by atoms with Gasteiger partial charge in [-0.1, -0.05) is 12.1 Å². The van der Waals surface area contributed by atoms with Gasteiger partial charge in [0.1, 0.15) is 60.3 Å².